The predicted octanol–water partition coefficient (Wildman–Crippen LogP) is 5.67. The number of H-pyrrole nitrogens is 1. The monoisotopic (exact) mass is 443 g/mol. The van der Waals surface area contributed by atoms with Gasteiger partial charge in [-0.05, 0) is 63.4 Å². The van der Waals surface area contributed by atoms with Crippen LogP contribution in [0, 0.1) is 27.7 Å². The van der Waals surface area contributed by atoms with E-state index >= 15 is 0 Å². The number of thiophene rings is 1. The highest BCUT2D eigenvalue weighted by Crippen LogP contribution is 2.37. The largest absolute Gasteiger partial charge is 0.330 e. The number of anilines is 2. The SMILES string of the molecule is Cc1ccc(Nc2nnc(SC(C)c3nc4sc(C)c(C)c4c(=O)[nH]3)s2)cc1C. The molecule has 4 rings (SSSR count). The van der Waals surface area contributed by atoms with E-state index in [1.54, 1.807) is 11.3 Å². The molecule has 2 N–H and O–H groups in total. The molecule has 0 saturated carbocycles. The van der Waals surface area contributed by atoms with Crippen molar-refractivity contribution in [3.05, 3.63) is 55.9 Å². The fourth-order valence-electron chi connectivity index (χ4n) is 2.92. The summed E-state index contributed by atoms with van der Waals surface area (Å²) < 4.78 is 0.824. The van der Waals surface area contributed by atoms with E-state index in [0.717, 1.165) is 30.4 Å². The van der Waals surface area contributed by atoms with Crippen molar-refractivity contribution < 1.29 is 0 Å². The number of fused-ring (bicyclic) bond motifs is 1. The van der Waals surface area contributed by atoms with E-state index in [2.05, 4.69) is 51.5 Å². The van der Waals surface area contributed by atoms with Crippen LogP contribution in [0.2, 0.25) is 0 Å². The summed E-state index contributed by atoms with van der Waals surface area (Å²) in [6.07, 6.45) is 0. The highest BCUT2D eigenvalue weighted by molar-refractivity contribution is 8.01. The van der Waals surface area contributed by atoms with Gasteiger partial charge in [-0.3, -0.25) is 4.79 Å². The van der Waals surface area contributed by atoms with Crippen LogP contribution in [0.1, 0.15) is 39.6 Å². The fraction of sp³-hybridized carbons (Fsp3) is 0.300. The van der Waals surface area contributed by atoms with Gasteiger partial charge in [-0.15, -0.1) is 21.5 Å². The Morgan fingerprint density at radius 2 is 1.90 bits per heavy atom. The Morgan fingerprint density at radius 1 is 1.10 bits per heavy atom. The maximum Gasteiger partial charge on any atom is 0.259 e. The zero-order valence-corrected chi connectivity index (χ0v) is 19.2. The van der Waals surface area contributed by atoms with Crippen molar-refractivity contribution in [2.45, 2.75) is 44.2 Å². The van der Waals surface area contributed by atoms with Gasteiger partial charge in [-0.1, -0.05) is 29.2 Å². The molecule has 0 saturated heterocycles. The van der Waals surface area contributed by atoms with Crippen molar-refractivity contribution in [3.63, 3.8) is 0 Å². The first-order chi connectivity index (χ1) is 13.8. The van der Waals surface area contributed by atoms with Crippen LogP contribution in [0.25, 0.3) is 10.2 Å². The molecule has 0 spiro atoms. The molecule has 150 valence electrons. The number of thioether (sulfide) groups is 1. The molecular weight excluding hydrogens is 422 g/mol. The third-order valence-electron chi connectivity index (χ3n) is 4.88. The maximum atomic E-state index is 12.5. The number of aromatic amines is 1. The summed E-state index contributed by atoms with van der Waals surface area (Å²) in [7, 11) is 0. The molecule has 0 aliphatic carbocycles. The second-order valence-corrected chi connectivity index (χ2v) is 10.7. The minimum atomic E-state index is -0.0753. The molecule has 3 heterocycles. The Labute approximate surface area is 180 Å². The zero-order chi connectivity index (χ0) is 20.7. The quantitative estimate of drug-likeness (QED) is 0.387. The lowest BCUT2D eigenvalue weighted by Gasteiger charge is -2.08. The van der Waals surface area contributed by atoms with Crippen LogP contribution < -0.4 is 10.9 Å². The smallest absolute Gasteiger partial charge is 0.259 e. The van der Waals surface area contributed by atoms with Crippen molar-refractivity contribution in [1.29, 1.82) is 0 Å². The summed E-state index contributed by atoms with van der Waals surface area (Å²) in [6.45, 7) is 10.2. The molecule has 0 bridgehead atoms. The topological polar surface area (TPSA) is 83.6 Å². The van der Waals surface area contributed by atoms with Crippen molar-refractivity contribution in [3.8, 4) is 0 Å². The van der Waals surface area contributed by atoms with Crippen LogP contribution in [0.15, 0.2) is 27.3 Å². The van der Waals surface area contributed by atoms with E-state index < -0.39 is 0 Å². The first-order valence-corrected chi connectivity index (χ1v) is 11.7. The van der Waals surface area contributed by atoms with Gasteiger partial charge in [0.2, 0.25) is 5.13 Å². The summed E-state index contributed by atoms with van der Waals surface area (Å²) in [6, 6.07) is 6.22. The normalized spacial score (nSPS) is 12.4. The van der Waals surface area contributed by atoms with Crippen LogP contribution in [-0.4, -0.2) is 20.2 Å². The highest BCUT2D eigenvalue weighted by atomic mass is 32.2. The number of aromatic nitrogens is 4. The van der Waals surface area contributed by atoms with Gasteiger partial charge in [-0.2, -0.15) is 0 Å². The van der Waals surface area contributed by atoms with Crippen molar-refractivity contribution >= 4 is 55.5 Å². The third kappa shape index (κ3) is 4.08. The lowest BCUT2D eigenvalue weighted by atomic mass is 10.1. The zero-order valence-electron chi connectivity index (χ0n) is 16.8. The number of rotatable bonds is 5. The van der Waals surface area contributed by atoms with Gasteiger partial charge < -0.3 is 10.3 Å². The third-order valence-corrected chi connectivity index (χ3v) is 8.02. The molecule has 9 heteroatoms. The van der Waals surface area contributed by atoms with Crippen molar-refractivity contribution in [2.24, 2.45) is 0 Å². The Hall–Kier alpha value is -2.23. The number of hydrogen-bond donors (Lipinski definition) is 2. The van der Waals surface area contributed by atoms with E-state index in [0.29, 0.717) is 11.2 Å². The van der Waals surface area contributed by atoms with E-state index in [4.69, 9.17) is 0 Å². The average Bonchev–Trinajstić information content (AvgIpc) is 3.22. The molecule has 0 aliphatic heterocycles. The predicted molar refractivity (Wildman–Crippen MR) is 123 cm³/mol. The van der Waals surface area contributed by atoms with Gasteiger partial charge in [0.05, 0.1) is 10.6 Å². The molecular formula is C20H21N5OS3. The number of hydrogen-bond acceptors (Lipinski definition) is 8. The van der Waals surface area contributed by atoms with E-state index in [-0.39, 0.29) is 10.8 Å². The van der Waals surface area contributed by atoms with Gasteiger partial charge in [0.1, 0.15) is 10.7 Å². The Kier molecular flexibility index (Phi) is 5.46. The standard InChI is InChI=1S/C20H21N5OS3/c1-9-6-7-14(8-10(9)2)21-19-24-25-20(29-19)28-13(5)16-22-17(26)15-11(3)12(4)27-18(15)23-16/h6-8,13H,1-5H3,(H,21,24)(H,22,23,26). The maximum absolute atomic E-state index is 12.5. The molecule has 4 aromatic rings. The van der Waals surface area contributed by atoms with Crippen LogP contribution in [0.4, 0.5) is 10.8 Å². The van der Waals surface area contributed by atoms with Gasteiger partial charge in [0, 0.05) is 10.6 Å². The van der Waals surface area contributed by atoms with Gasteiger partial charge >= 0.3 is 0 Å². The lowest BCUT2D eigenvalue weighted by molar-refractivity contribution is 0.919. The molecule has 1 atom stereocenters. The molecule has 0 fully saturated rings. The van der Waals surface area contributed by atoms with Gasteiger partial charge in [-0.25, -0.2) is 4.98 Å². The summed E-state index contributed by atoms with van der Waals surface area (Å²) in [5.74, 6) is 0.660. The number of benzene rings is 1. The van der Waals surface area contributed by atoms with Gasteiger partial charge in [0.15, 0.2) is 4.34 Å². The summed E-state index contributed by atoms with van der Waals surface area (Å²) in [4.78, 5) is 22.1. The molecule has 0 amide bonds. The van der Waals surface area contributed by atoms with Crippen molar-refractivity contribution in [1.82, 2.24) is 20.2 Å². The van der Waals surface area contributed by atoms with E-state index in [1.807, 2.05) is 26.8 Å². The van der Waals surface area contributed by atoms with E-state index in [1.165, 1.54) is 34.2 Å². The molecule has 3 aromatic heterocycles. The molecule has 1 unspecified atom stereocenters. The molecule has 6 nitrogen and oxygen atoms in total. The van der Waals surface area contributed by atoms with Crippen LogP contribution >= 0.6 is 34.4 Å². The lowest BCUT2D eigenvalue weighted by Crippen LogP contribution is -2.12. The number of aryl methyl sites for hydroxylation is 4. The molecule has 0 radical (unpaired) electrons. The molecule has 29 heavy (non-hydrogen) atoms. The minimum absolute atomic E-state index is 0.0442. The Balaban J connectivity index is 1.52. The second kappa shape index (κ2) is 7.89. The summed E-state index contributed by atoms with van der Waals surface area (Å²) in [5, 5.41) is 13.2. The molecule has 1 aromatic carbocycles. The first-order valence-electron chi connectivity index (χ1n) is 9.16. The Bertz CT molecular complexity index is 1260. The Morgan fingerprint density at radius 3 is 2.66 bits per heavy atom. The minimum Gasteiger partial charge on any atom is -0.330 e. The summed E-state index contributed by atoms with van der Waals surface area (Å²) >= 11 is 4.59. The first kappa shape index (κ1) is 20.1. The second-order valence-electron chi connectivity index (χ2n) is 6.97. The summed E-state index contributed by atoms with van der Waals surface area (Å²) in [5.41, 5.74) is 4.42. The van der Waals surface area contributed by atoms with Crippen LogP contribution in [0.3, 0.4) is 0 Å². The highest BCUT2D eigenvalue weighted by Gasteiger charge is 2.18. The molecule has 0 aliphatic rings. The number of nitrogens with one attached hydrogen (secondary N) is 2. The van der Waals surface area contributed by atoms with Gasteiger partial charge in [0.25, 0.3) is 5.56 Å². The fourth-order valence-corrected chi connectivity index (χ4v) is 5.93. The van der Waals surface area contributed by atoms with Crippen LogP contribution in [0.5, 0.6) is 0 Å². The average molecular weight is 444 g/mol. The van der Waals surface area contributed by atoms with Crippen molar-refractivity contribution in [2.75, 3.05) is 5.32 Å². The number of nitrogens with zero attached hydrogens (tertiary/aromatic N) is 3. The van der Waals surface area contributed by atoms with Crippen LogP contribution in [-0.2, 0) is 0 Å². The van der Waals surface area contributed by atoms with E-state index in [9.17, 15) is 4.79 Å².